The average Bonchev–Trinajstić information content (AvgIpc) is 2.30. The fraction of sp³-hybridized carbons (Fsp3) is 0.462. The molecule has 0 radical (unpaired) electrons. The summed E-state index contributed by atoms with van der Waals surface area (Å²) in [4.78, 5) is 11.9. The number of nitrogens with one attached hydrogen (secondary N) is 1. The maximum absolute atomic E-state index is 11.9. The molecule has 0 saturated heterocycles. The third kappa shape index (κ3) is 4.32. The van der Waals surface area contributed by atoms with E-state index in [4.69, 9.17) is 11.6 Å². The number of carbonyl (C=O) groups excluding carboxylic acids is 1. The quantitative estimate of drug-likeness (QED) is 0.842. The van der Waals surface area contributed by atoms with E-state index in [1.54, 1.807) is 6.07 Å². The molecule has 1 aromatic carbocycles. The van der Waals surface area contributed by atoms with E-state index in [0.717, 1.165) is 10.0 Å². The number of carbonyl (C=O) groups is 1. The van der Waals surface area contributed by atoms with Crippen molar-refractivity contribution >= 4 is 33.4 Å². The Balaban J connectivity index is 2.68. The van der Waals surface area contributed by atoms with Gasteiger partial charge in [0.15, 0.2) is 0 Å². The molecule has 0 heterocycles. The maximum Gasteiger partial charge on any atom is 0.251 e. The van der Waals surface area contributed by atoms with Gasteiger partial charge in [-0.1, -0.05) is 29.8 Å². The van der Waals surface area contributed by atoms with Gasteiger partial charge in [-0.15, -0.1) is 11.6 Å². The van der Waals surface area contributed by atoms with Gasteiger partial charge in [0.1, 0.15) is 0 Å². The van der Waals surface area contributed by atoms with Crippen LogP contribution in [0.5, 0.6) is 0 Å². The summed E-state index contributed by atoms with van der Waals surface area (Å²) >= 11 is 9.22. The molecule has 94 valence electrons. The normalized spacial score (nSPS) is 11.4. The van der Waals surface area contributed by atoms with Crippen LogP contribution in [0.15, 0.2) is 22.7 Å². The Morgan fingerprint density at radius 3 is 2.65 bits per heavy atom. The van der Waals surface area contributed by atoms with Gasteiger partial charge in [-0.3, -0.25) is 4.79 Å². The Bertz CT molecular complexity index is 418. The van der Waals surface area contributed by atoms with Gasteiger partial charge in [0.2, 0.25) is 0 Å². The Morgan fingerprint density at radius 2 is 2.12 bits per heavy atom. The van der Waals surface area contributed by atoms with Crippen molar-refractivity contribution in [1.82, 2.24) is 5.32 Å². The molecule has 1 aromatic rings. The summed E-state index contributed by atoms with van der Waals surface area (Å²) in [6.07, 6.45) is 0. The summed E-state index contributed by atoms with van der Waals surface area (Å²) in [7, 11) is 0. The molecule has 0 fully saturated rings. The van der Waals surface area contributed by atoms with Crippen LogP contribution in [0.2, 0.25) is 0 Å². The summed E-state index contributed by atoms with van der Waals surface area (Å²) in [6, 6.07) is 5.56. The molecule has 0 aliphatic rings. The van der Waals surface area contributed by atoms with E-state index in [1.807, 2.05) is 32.9 Å². The Labute approximate surface area is 116 Å². The second-order valence-electron chi connectivity index (χ2n) is 4.94. The minimum absolute atomic E-state index is 0.0567. The van der Waals surface area contributed by atoms with Gasteiger partial charge in [0.25, 0.3) is 5.91 Å². The summed E-state index contributed by atoms with van der Waals surface area (Å²) in [6.45, 7) is 6.58. The van der Waals surface area contributed by atoms with Gasteiger partial charge in [-0.25, -0.2) is 0 Å². The molecule has 0 saturated carbocycles. The number of amides is 1. The highest BCUT2D eigenvalue weighted by Gasteiger charge is 2.17. The first-order chi connectivity index (χ1) is 7.85. The van der Waals surface area contributed by atoms with Crippen LogP contribution in [0.25, 0.3) is 0 Å². The van der Waals surface area contributed by atoms with Gasteiger partial charge < -0.3 is 5.32 Å². The van der Waals surface area contributed by atoms with Gasteiger partial charge in [0.05, 0.1) is 0 Å². The van der Waals surface area contributed by atoms with Gasteiger partial charge in [0, 0.05) is 22.5 Å². The summed E-state index contributed by atoms with van der Waals surface area (Å²) in [5.74, 6) is 0.464. The Hall–Kier alpha value is -0.540. The van der Waals surface area contributed by atoms with E-state index in [-0.39, 0.29) is 11.3 Å². The lowest BCUT2D eigenvalue weighted by atomic mass is 9.96. The molecular weight excluding hydrogens is 302 g/mol. The number of hydrogen-bond donors (Lipinski definition) is 1. The third-order valence-electron chi connectivity index (χ3n) is 2.51. The largest absolute Gasteiger partial charge is 0.351 e. The lowest BCUT2D eigenvalue weighted by molar-refractivity contribution is 0.0940. The van der Waals surface area contributed by atoms with Crippen molar-refractivity contribution in [2.24, 2.45) is 5.41 Å². The summed E-state index contributed by atoms with van der Waals surface area (Å²) in [5, 5.41) is 2.90. The molecule has 0 atom stereocenters. The highest BCUT2D eigenvalue weighted by Crippen LogP contribution is 2.18. The molecule has 4 heteroatoms. The molecule has 1 N–H and O–H groups in total. The number of alkyl halides is 1. The van der Waals surface area contributed by atoms with Crippen LogP contribution in [0.3, 0.4) is 0 Å². The molecule has 17 heavy (non-hydrogen) atoms. The van der Waals surface area contributed by atoms with Crippen molar-refractivity contribution in [2.45, 2.75) is 20.8 Å². The number of aryl methyl sites for hydroxylation is 1. The molecule has 0 bridgehead atoms. The predicted molar refractivity (Wildman–Crippen MR) is 75.7 cm³/mol. The molecule has 0 spiro atoms. The summed E-state index contributed by atoms with van der Waals surface area (Å²) < 4.78 is 1.01. The van der Waals surface area contributed by atoms with E-state index >= 15 is 0 Å². The fourth-order valence-corrected chi connectivity index (χ4v) is 1.60. The van der Waals surface area contributed by atoms with E-state index < -0.39 is 0 Å². The first-order valence-electron chi connectivity index (χ1n) is 5.46. The summed E-state index contributed by atoms with van der Waals surface area (Å²) in [5.41, 5.74) is 1.65. The van der Waals surface area contributed by atoms with E-state index in [2.05, 4.69) is 21.2 Å². The van der Waals surface area contributed by atoms with Gasteiger partial charge >= 0.3 is 0 Å². The lowest BCUT2D eigenvalue weighted by Gasteiger charge is -2.21. The highest BCUT2D eigenvalue weighted by atomic mass is 79.9. The molecule has 1 rings (SSSR count). The number of benzene rings is 1. The van der Waals surface area contributed by atoms with E-state index in [1.165, 1.54) is 0 Å². The van der Waals surface area contributed by atoms with Gasteiger partial charge in [-0.2, -0.15) is 0 Å². The predicted octanol–water partition coefficient (Wildman–Crippen LogP) is 3.75. The second kappa shape index (κ2) is 5.87. The van der Waals surface area contributed by atoms with Gasteiger partial charge in [-0.05, 0) is 36.1 Å². The number of rotatable bonds is 4. The van der Waals surface area contributed by atoms with E-state index in [0.29, 0.717) is 18.0 Å². The minimum Gasteiger partial charge on any atom is -0.351 e. The molecule has 0 aliphatic carbocycles. The van der Waals surface area contributed by atoms with Crippen molar-refractivity contribution in [3.05, 3.63) is 33.8 Å². The van der Waals surface area contributed by atoms with Crippen LogP contribution in [-0.4, -0.2) is 18.3 Å². The topological polar surface area (TPSA) is 29.1 Å². The molecule has 1 amide bonds. The van der Waals surface area contributed by atoms with Crippen molar-refractivity contribution in [3.63, 3.8) is 0 Å². The van der Waals surface area contributed by atoms with Crippen LogP contribution < -0.4 is 5.32 Å². The van der Waals surface area contributed by atoms with Crippen LogP contribution in [0.4, 0.5) is 0 Å². The first kappa shape index (κ1) is 14.5. The standard InChI is InChI=1S/C13H17BrClNO/c1-9-6-10(4-5-11(9)14)12(17)16-8-13(2,3)7-15/h4-6H,7-8H2,1-3H3,(H,16,17). The second-order valence-corrected chi connectivity index (χ2v) is 6.07. The minimum atomic E-state index is -0.0817. The van der Waals surface area contributed by atoms with E-state index in [9.17, 15) is 4.79 Å². The fourth-order valence-electron chi connectivity index (χ4n) is 1.25. The van der Waals surface area contributed by atoms with Crippen LogP contribution in [0, 0.1) is 12.3 Å². The molecule has 0 aromatic heterocycles. The Morgan fingerprint density at radius 1 is 1.47 bits per heavy atom. The average molecular weight is 319 g/mol. The van der Waals surface area contributed by atoms with Crippen molar-refractivity contribution in [1.29, 1.82) is 0 Å². The molecule has 2 nitrogen and oxygen atoms in total. The monoisotopic (exact) mass is 317 g/mol. The number of halogens is 2. The highest BCUT2D eigenvalue weighted by molar-refractivity contribution is 9.10. The molecule has 0 aliphatic heterocycles. The SMILES string of the molecule is Cc1cc(C(=O)NCC(C)(C)CCl)ccc1Br. The zero-order chi connectivity index (χ0) is 13.1. The third-order valence-corrected chi connectivity index (χ3v) is 4.12. The van der Waals surface area contributed by atoms with Crippen LogP contribution >= 0.6 is 27.5 Å². The van der Waals surface area contributed by atoms with Crippen molar-refractivity contribution in [2.75, 3.05) is 12.4 Å². The Kier molecular flexibility index (Phi) is 5.02. The number of hydrogen-bond acceptors (Lipinski definition) is 1. The van der Waals surface area contributed by atoms with Crippen molar-refractivity contribution in [3.8, 4) is 0 Å². The maximum atomic E-state index is 11.9. The lowest BCUT2D eigenvalue weighted by Crippen LogP contribution is -2.35. The van der Waals surface area contributed by atoms with Crippen LogP contribution in [0.1, 0.15) is 29.8 Å². The van der Waals surface area contributed by atoms with Crippen molar-refractivity contribution < 1.29 is 4.79 Å². The zero-order valence-electron chi connectivity index (χ0n) is 10.3. The van der Waals surface area contributed by atoms with Crippen LogP contribution in [-0.2, 0) is 0 Å². The zero-order valence-corrected chi connectivity index (χ0v) is 12.7. The molecular formula is C13H17BrClNO. The smallest absolute Gasteiger partial charge is 0.251 e. The molecule has 0 unspecified atom stereocenters. The first-order valence-corrected chi connectivity index (χ1v) is 6.79.